The molecule has 3 heteroatoms. The summed E-state index contributed by atoms with van der Waals surface area (Å²) in [7, 11) is 12.7. The van der Waals surface area contributed by atoms with E-state index < -0.39 is 15.9 Å². The van der Waals surface area contributed by atoms with Gasteiger partial charge in [0.15, 0.2) is 0 Å². The Morgan fingerprint density at radius 1 is 0.769 bits per heavy atom. The molecule has 0 bridgehead atoms. The van der Waals surface area contributed by atoms with Gasteiger partial charge in [-0.3, -0.25) is 0 Å². The van der Waals surface area contributed by atoms with Crippen LogP contribution >= 0.6 is 17.9 Å². The van der Waals surface area contributed by atoms with Crippen LogP contribution in [0.3, 0.4) is 0 Å². The number of halogens is 2. The maximum absolute atomic E-state index is 6.36. The van der Waals surface area contributed by atoms with Gasteiger partial charge in [0.2, 0.25) is 0 Å². The fourth-order valence-electron chi connectivity index (χ4n) is 1.23. The monoisotopic (exact) mass is 342 g/mol. The molecule has 0 amide bonds. The zero-order valence-corrected chi connectivity index (χ0v) is 12.7. The second-order valence-corrected chi connectivity index (χ2v) is 18.8. The van der Waals surface area contributed by atoms with Crippen LogP contribution in [0, 0.1) is 0 Å². The van der Waals surface area contributed by atoms with Crippen molar-refractivity contribution in [3.8, 4) is 0 Å². The molecule has 0 heterocycles. The molecule has 0 fully saturated rings. The van der Waals surface area contributed by atoms with Crippen molar-refractivity contribution in [3.05, 3.63) is 0 Å². The Balaban J connectivity index is 3.42. The Bertz CT molecular complexity index is 103. The predicted octanol–water partition coefficient (Wildman–Crippen LogP) is 5.29. The van der Waals surface area contributed by atoms with E-state index >= 15 is 0 Å². The number of hydrogen-bond donors (Lipinski definition) is 0. The molecule has 0 atom stereocenters. The average molecular weight is 341 g/mol. The SMILES string of the molecule is CCCCC[Te](Cl)(Cl)CCCCC. The average Bonchev–Trinajstić information content (AvgIpc) is 2.05. The zero-order valence-electron chi connectivity index (χ0n) is 8.82. The summed E-state index contributed by atoms with van der Waals surface area (Å²) in [6.07, 6.45) is 7.61. The van der Waals surface area contributed by atoms with Gasteiger partial charge in [-0.15, -0.1) is 0 Å². The van der Waals surface area contributed by atoms with E-state index in [2.05, 4.69) is 13.8 Å². The Morgan fingerprint density at radius 2 is 1.15 bits per heavy atom. The first-order chi connectivity index (χ1) is 6.12. The molecule has 13 heavy (non-hydrogen) atoms. The third kappa shape index (κ3) is 9.67. The van der Waals surface area contributed by atoms with Crippen LogP contribution in [0.15, 0.2) is 0 Å². The van der Waals surface area contributed by atoms with Crippen LogP contribution in [0.2, 0.25) is 8.94 Å². The molecule has 0 nitrogen and oxygen atoms in total. The quantitative estimate of drug-likeness (QED) is 0.416. The molecule has 82 valence electrons. The molecule has 0 saturated heterocycles. The number of unbranched alkanes of at least 4 members (excludes halogenated alkanes) is 4. The van der Waals surface area contributed by atoms with Crippen LogP contribution in [-0.4, -0.2) is 15.9 Å². The summed E-state index contributed by atoms with van der Waals surface area (Å²) >= 11 is -2.34. The minimum atomic E-state index is -2.34. The van der Waals surface area contributed by atoms with E-state index in [0.717, 1.165) is 8.94 Å². The Morgan fingerprint density at radius 3 is 1.46 bits per heavy atom. The van der Waals surface area contributed by atoms with Gasteiger partial charge < -0.3 is 0 Å². The van der Waals surface area contributed by atoms with Crippen LogP contribution in [0.5, 0.6) is 0 Å². The third-order valence-corrected chi connectivity index (χ3v) is 11.3. The molecule has 0 spiro atoms. The van der Waals surface area contributed by atoms with Crippen molar-refractivity contribution in [1.82, 2.24) is 0 Å². The van der Waals surface area contributed by atoms with Gasteiger partial charge in [-0.2, -0.15) is 0 Å². The van der Waals surface area contributed by atoms with E-state index in [1.54, 1.807) is 0 Å². The molecule has 0 unspecified atom stereocenters. The molecular formula is C10H22Cl2Te. The van der Waals surface area contributed by atoms with Crippen LogP contribution in [0.4, 0.5) is 0 Å². The number of rotatable bonds is 8. The Kier molecular flexibility index (Phi) is 9.57. The van der Waals surface area contributed by atoms with Gasteiger partial charge in [0.1, 0.15) is 0 Å². The van der Waals surface area contributed by atoms with Gasteiger partial charge in [-0.05, 0) is 0 Å². The van der Waals surface area contributed by atoms with Gasteiger partial charge in [-0.1, -0.05) is 0 Å². The van der Waals surface area contributed by atoms with E-state index in [1.807, 2.05) is 0 Å². The molecule has 0 aliphatic rings. The van der Waals surface area contributed by atoms with Crippen molar-refractivity contribution in [2.24, 2.45) is 0 Å². The van der Waals surface area contributed by atoms with Crippen LogP contribution in [0.25, 0.3) is 0 Å². The van der Waals surface area contributed by atoms with Gasteiger partial charge >= 0.3 is 95.2 Å². The summed E-state index contributed by atoms with van der Waals surface area (Å²) in [5.74, 6) is 0. The van der Waals surface area contributed by atoms with E-state index in [0.29, 0.717) is 0 Å². The summed E-state index contributed by atoms with van der Waals surface area (Å²) in [5, 5.41) is 0. The third-order valence-electron chi connectivity index (χ3n) is 2.09. The summed E-state index contributed by atoms with van der Waals surface area (Å²) in [4.78, 5) is 0. The van der Waals surface area contributed by atoms with Gasteiger partial charge in [-0.25, -0.2) is 0 Å². The molecule has 0 aromatic rings. The maximum atomic E-state index is 6.36. The van der Waals surface area contributed by atoms with Crippen molar-refractivity contribution < 1.29 is 0 Å². The van der Waals surface area contributed by atoms with E-state index in [4.69, 9.17) is 17.9 Å². The molecule has 0 aromatic carbocycles. The second-order valence-electron chi connectivity index (χ2n) is 3.52. The normalized spacial score (nSPS) is 13.2. The molecular weight excluding hydrogens is 319 g/mol. The van der Waals surface area contributed by atoms with Crippen molar-refractivity contribution in [2.45, 2.75) is 61.3 Å². The van der Waals surface area contributed by atoms with Crippen molar-refractivity contribution >= 4 is 33.9 Å². The van der Waals surface area contributed by atoms with Crippen molar-refractivity contribution in [3.63, 3.8) is 0 Å². The standard InChI is InChI=1S/C10H22Cl2Te/c1-3-5-7-9-13(11,12)10-8-6-4-2/h3-10H2,1-2H3. The zero-order chi connectivity index (χ0) is 10.2. The summed E-state index contributed by atoms with van der Waals surface area (Å²) in [6, 6.07) is 0. The van der Waals surface area contributed by atoms with Gasteiger partial charge in [0, 0.05) is 0 Å². The van der Waals surface area contributed by atoms with Crippen LogP contribution < -0.4 is 0 Å². The Hall–Kier alpha value is 1.37. The first-order valence-corrected chi connectivity index (χ1v) is 14.5. The molecule has 0 saturated carbocycles. The van der Waals surface area contributed by atoms with Crippen molar-refractivity contribution in [1.29, 1.82) is 0 Å². The van der Waals surface area contributed by atoms with E-state index in [-0.39, 0.29) is 0 Å². The summed E-state index contributed by atoms with van der Waals surface area (Å²) in [6.45, 7) is 4.43. The first-order valence-electron chi connectivity index (χ1n) is 5.30. The second kappa shape index (κ2) is 8.66. The summed E-state index contributed by atoms with van der Waals surface area (Å²) < 4.78 is 2.28. The molecule has 0 aliphatic heterocycles. The minimum absolute atomic E-state index is 1.14. The van der Waals surface area contributed by atoms with Crippen LogP contribution in [-0.2, 0) is 0 Å². The van der Waals surface area contributed by atoms with E-state index in [1.165, 1.54) is 38.5 Å². The molecule has 0 N–H and O–H groups in total. The van der Waals surface area contributed by atoms with E-state index in [9.17, 15) is 0 Å². The fraction of sp³-hybridized carbons (Fsp3) is 1.00. The fourth-order valence-corrected chi connectivity index (χ4v) is 8.31. The predicted molar refractivity (Wildman–Crippen MR) is 66.1 cm³/mol. The number of hydrogen-bond acceptors (Lipinski definition) is 0. The molecule has 0 rings (SSSR count). The molecule has 0 radical (unpaired) electrons. The Labute approximate surface area is 94.7 Å². The topological polar surface area (TPSA) is 0 Å². The van der Waals surface area contributed by atoms with Gasteiger partial charge in [0.25, 0.3) is 0 Å². The van der Waals surface area contributed by atoms with Gasteiger partial charge in [0.05, 0.1) is 0 Å². The molecule has 0 aromatic heterocycles. The first kappa shape index (κ1) is 14.4. The van der Waals surface area contributed by atoms with Crippen molar-refractivity contribution in [2.75, 3.05) is 0 Å². The molecule has 0 aliphatic carbocycles. The van der Waals surface area contributed by atoms with Crippen LogP contribution in [0.1, 0.15) is 52.4 Å². The summed E-state index contributed by atoms with van der Waals surface area (Å²) in [5.41, 5.74) is 0.